The van der Waals surface area contributed by atoms with Gasteiger partial charge in [0, 0.05) is 18.0 Å². The summed E-state index contributed by atoms with van der Waals surface area (Å²) in [5.41, 5.74) is 6.02. The van der Waals surface area contributed by atoms with Crippen LogP contribution < -0.4 is 11.1 Å². The average molecular weight is 268 g/mol. The van der Waals surface area contributed by atoms with E-state index in [1.807, 2.05) is 0 Å². The van der Waals surface area contributed by atoms with Crippen molar-refractivity contribution in [3.8, 4) is 0 Å². The molecule has 3 N–H and O–H groups in total. The molecule has 3 nitrogen and oxygen atoms in total. The Morgan fingerprint density at radius 2 is 1.89 bits per heavy atom. The minimum Gasteiger partial charge on any atom is -0.353 e. The monoisotopic (exact) mass is 268 g/mol. The summed E-state index contributed by atoms with van der Waals surface area (Å²) in [6.45, 7) is 8.59. The maximum atomic E-state index is 12.3. The Morgan fingerprint density at radius 1 is 1.26 bits per heavy atom. The van der Waals surface area contributed by atoms with Gasteiger partial charge in [0.25, 0.3) is 0 Å². The molecule has 0 radical (unpaired) electrons. The van der Waals surface area contributed by atoms with E-state index in [1.54, 1.807) is 0 Å². The number of amides is 1. The van der Waals surface area contributed by atoms with Gasteiger partial charge in [0.05, 0.1) is 0 Å². The predicted octanol–water partition coefficient (Wildman–Crippen LogP) is 3.08. The van der Waals surface area contributed by atoms with Crippen LogP contribution in [0.4, 0.5) is 0 Å². The normalized spacial score (nSPS) is 27.1. The number of carbonyl (C=O) groups excluding carboxylic acids is 1. The van der Waals surface area contributed by atoms with E-state index in [0.717, 1.165) is 32.1 Å². The average Bonchev–Trinajstić information content (AvgIpc) is 2.39. The van der Waals surface area contributed by atoms with Crippen LogP contribution in [-0.4, -0.2) is 18.0 Å². The minimum absolute atomic E-state index is 0.100. The number of hydrogen-bond acceptors (Lipinski definition) is 2. The van der Waals surface area contributed by atoms with Crippen molar-refractivity contribution in [1.29, 1.82) is 0 Å². The summed E-state index contributed by atoms with van der Waals surface area (Å²) in [6.07, 6.45) is 6.71. The highest BCUT2D eigenvalue weighted by atomic mass is 16.1. The Morgan fingerprint density at radius 3 is 2.42 bits per heavy atom. The van der Waals surface area contributed by atoms with Crippen LogP contribution >= 0.6 is 0 Å². The van der Waals surface area contributed by atoms with E-state index < -0.39 is 0 Å². The van der Waals surface area contributed by atoms with Crippen molar-refractivity contribution in [3.05, 3.63) is 0 Å². The zero-order valence-corrected chi connectivity index (χ0v) is 13.1. The van der Waals surface area contributed by atoms with Crippen molar-refractivity contribution in [2.75, 3.05) is 0 Å². The number of nitrogens with one attached hydrogen (secondary N) is 1. The molecule has 0 aromatic heterocycles. The second-order valence-corrected chi connectivity index (χ2v) is 6.35. The van der Waals surface area contributed by atoms with Gasteiger partial charge >= 0.3 is 0 Å². The third-order valence-electron chi connectivity index (χ3n) is 5.00. The summed E-state index contributed by atoms with van der Waals surface area (Å²) >= 11 is 0. The lowest BCUT2D eigenvalue weighted by molar-refractivity contribution is -0.127. The fraction of sp³-hybridized carbons (Fsp3) is 0.938. The second kappa shape index (κ2) is 7.88. The first-order valence-corrected chi connectivity index (χ1v) is 8.05. The van der Waals surface area contributed by atoms with Gasteiger partial charge < -0.3 is 11.1 Å². The van der Waals surface area contributed by atoms with E-state index in [9.17, 15) is 4.79 Å². The molecule has 1 aliphatic rings. The Bertz CT molecular complexity index is 276. The molecule has 1 saturated carbocycles. The van der Waals surface area contributed by atoms with E-state index in [4.69, 9.17) is 5.73 Å². The summed E-state index contributed by atoms with van der Waals surface area (Å²) in [4.78, 5) is 12.3. The van der Waals surface area contributed by atoms with E-state index in [-0.39, 0.29) is 17.9 Å². The molecule has 0 aromatic rings. The summed E-state index contributed by atoms with van der Waals surface area (Å²) in [5.74, 6) is 1.38. The zero-order valence-electron chi connectivity index (χ0n) is 13.1. The molecular formula is C16H32N2O. The standard InChI is InChI=1S/C16H32N2O/c1-5-13(6-2)12(4)18-16(19)11(3)14-8-7-9-15(17)10-14/h11-15H,5-10,17H2,1-4H3,(H,18,19). The van der Waals surface area contributed by atoms with Crippen LogP contribution in [-0.2, 0) is 4.79 Å². The highest BCUT2D eigenvalue weighted by Crippen LogP contribution is 2.29. The van der Waals surface area contributed by atoms with Crippen LogP contribution in [0.5, 0.6) is 0 Å². The molecule has 3 heteroatoms. The van der Waals surface area contributed by atoms with Gasteiger partial charge in [-0.3, -0.25) is 4.79 Å². The van der Waals surface area contributed by atoms with Crippen molar-refractivity contribution in [3.63, 3.8) is 0 Å². The second-order valence-electron chi connectivity index (χ2n) is 6.35. The van der Waals surface area contributed by atoms with Gasteiger partial charge in [0.2, 0.25) is 5.91 Å². The third-order valence-corrected chi connectivity index (χ3v) is 5.00. The van der Waals surface area contributed by atoms with Gasteiger partial charge in [-0.15, -0.1) is 0 Å². The zero-order chi connectivity index (χ0) is 14.4. The summed E-state index contributed by atoms with van der Waals surface area (Å²) in [7, 11) is 0. The fourth-order valence-electron chi connectivity index (χ4n) is 3.40. The number of nitrogens with two attached hydrogens (primary N) is 1. The van der Waals surface area contributed by atoms with Gasteiger partial charge in [0.15, 0.2) is 0 Å². The van der Waals surface area contributed by atoms with E-state index in [1.165, 1.54) is 6.42 Å². The first-order valence-electron chi connectivity index (χ1n) is 8.05. The fourth-order valence-corrected chi connectivity index (χ4v) is 3.40. The molecule has 19 heavy (non-hydrogen) atoms. The lowest BCUT2D eigenvalue weighted by atomic mass is 9.78. The van der Waals surface area contributed by atoms with Crippen molar-refractivity contribution in [2.24, 2.45) is 23.5 Å². The van der Waals surface area contributed by atoms with Crippen LogP contribution in [0.1, 0.15) is 66.2 Å². The van der Waals surface area contributed by atoms with Crippen LogP contribution in [0, 0.1) is 17.8 Å². The lowest BCUT2D eigenvalue weighted by Crippen LogP contribution is -2.43. The SMILES string of the molecule is CCC(CC)C(C)NC(=O)C(C)C1CCCC(N)C1. The van der Waals surface area contributed by atoms with E-state index >= 15 is 0 Å². The van der Waals surface area contributed by atoms with E-state index in [0.29, 0.717) is 17.9 Å². The number of hydrogen-bond donors (Lipinski definition) is 2. The maximum Gasteiger partial charge on any atom is 0.223 e. The van der Waals surface area contributed by atoms with Crippen molar-refractivity contribution in [2.45, 2.75) is 78.3 Å². The summed E-state index contributed by atoms with van der Waals surface area (Å²) in [5, 5.41) is 3.21. The lowest BCUT2D eigenvalue weighted by Gasteiger charge is -2.32. The molecule has 4 atom stereocenters. The number of carbonyl (C=O) groups is 1. The molecule has 0 spiro atoms. The van der Waals surface area contributed by atoms with Crippen molar-refractivity contribution >= 4 is 5.91 Å². The van der Waals surface area contributed by atoms with Crippen molar-refractivity contribution < 1.29 is 4.79 Å². The smallest absolute Gasteiger partial charge is 0.223 e. The topological polar surface area (TPSA) is 55.1 Å². The summed E-state index contributed by atoms with van der Waals surface area (Å²) in [6, 6.07) is 0.577. The Labute approximate surface area is 118 Å². The molecule has 0 aromatic carbocycles. The molecule has 0 saturated heterocycles. The predicted molar refractivity (Wildman–Crippen MR) is 80.8 cm³/mol. The van der Waals surface area contributed by atoms with Gasteiger partial charge in [-0.05, 0) is 38.0 Å². The molecule has 1 amide bonds. The summed E-state index contributed by atoms with van der Waals surface area (Å²) < 4.78 is 0. The Balaban J connectivity index is 2.47. The van der Waals surface area contributed by atoms with Gasteiger partial charge in [-0.1, -0.05) is 40.0 Å². The first-order chi connectivity index (χ1) is 8.99. The van der Waals surface area contributed by atoms with Crippen LogP contribution in [0.2, 0.25) is 0 Å². The van der Waals surface area contributed by atoms with E-state index in [2.05, 4.69) is 33.0 Å². The Hall–Kier alpha value is -0.570. The maximum absolute atomic E-state index is 12.3. The molecule has 4 unspecified atom stereocenters. The van der Waals surface area contributed by atoms with Crippen molar-refractivity contribution in [1.82, 2.24) is 5.32 Å². The molecule has 0 bridgehead atoms. The number of rotatable bonds is 6. The molecule has 0 heterocycles. The Kier molecular flexibility index (Phi) is 6.84. The largest absolute Gasteiger partial charge is 0.353 e. The van der Waals surface area contributed by atoms with Crippen LogP contribution in [0.15, 0.2) is 0 Å². The quantitative estimate of drug-likeness (QED) is 0.778. The molecule has 1 aliphatic carbocycles. The van der Waals surface area contributed by atoms with Crippen LogP contribution in [0.3, 0.4) is 0 Å². The van der Waals surface area contributed by atoms with Gasteiger partial charge in [0.1, 0.15) is 0 Å². The van der Waals surface area contributed by atoms with Crippen LogP contribution in [0.25, 0.3) is 0 Å². The first kappa shape index (κ1) is 16.5. The van der Waals surface area contributed by atoms with Gasteiger partial charge in [-0.25, -0.2) is 0 Å². The molecular weight excluding hydrogens is 236 g/mol. The highest BCUT2D eigenvalue weighted by molar-refractivity contribution is 5.78. The molecule has 1 rings (SSSR count). The third kappa shape index (κ3) is 4.79. The highest BCUT2D eigenvalue weighted by Gasteiger charge is 2.29. The molecule has 0 aliphatic heterocycles. The molecule has 112 valence electrons. The minimum atomic E-state index is 0.100. The van der Waals surface area contributed by atoms with Gasteiger partial charge in [-0.2, -0.15) is 0 Å². The molecule has 1 fully saturated rings.